The highest BCUT2D eigenvalue weighted by atomic mass is 35.5. The lowest BCUT2D eigenvalue weighted by Gasteiger charge is -2.14. The number of alkyl halides is 3. The van der Waals surface area contributed by atoms with Gasteiger partial charge in [0.2, 0.25) is 0 Å². The summed E-state index contributed by atoms with van der Waals surface area (Å²) in [4.78, 5) is 23.2. The van der Waals surface area contributed by atoms with E-state index in [1.807, 2.05) is 0 Å². The van der Waals surface area contributed by atoms with E-state index in [0.29, 0.717) is 16.5 Å². The van der Waals surface area contributed by atoms with Crippen molar-refractivity contribution in [2.45, 2.75) is 12.7 Å². The molecule has 2 amide bonds. The number of imide groups is 1. The van der Waals surface area contributed by atoms with E-state index in [1.54, 1.807) is 24.3 Å². The molecule has 0 bridgehead atoms. The van der Waals surface area contributed by atoms with Crippen LogP contribution in [-0.4, -0.2) is 20.9 Å². The third-order valence-electron chi connectivity index (χ3n) is 4.30. The first-order valence-electron chi connectivity index (χ1n) is 8.27. The quantitative estimate of drug-likeness (QED) is 0.580. The maximum Gasteiger partial charge on any atom is 0.416 e. The molecule has 0 radical (unpaired) electrons. The number of nitrogens with one attached hydrogen (secondary N) is 1. The van der Waals surface area contributed by atoms with Gasteiger partial charge in [0.05, 0.1) is 28.7 Å². The zero-order valence-electron chi connectivity index (χ0n) is 14.5. The smallest absolute Gasteiger partial charge is 0.282 e. The second-order valence-electron chi connectivity index (χ2n) is 6.27. The average molecular weight is 438 g/mol. The third-order valence-corrected chi connectivity index (χ3v) is 5.35. The van der Waals surface area contributed by atoms with Gasteiger partial charge >= 0.3 is 6.18 Å². The summed E-state index contributed by atoms with van der Waals surface area (Å²) in [5, 5.41) is 6.64. The molecular weight excluding hydrogens is 427 g/mol. The van der Waals surface area contributed by atoms with E-state index in [-0.39, 0.29) is 22.0 Å². The maximum atomic E-state index is 13.3. The summed E-state index contributed by atoms with van der Waals surface area (Å²) in [6, 6.07) is 8.81. The van der Waals surface area contributed by atoms with Crippen LogP contribution in [0.5, 0.6) is 0 Å². The van der Waals surface area contributed by atoms with Crippen molar-refractivity contribution in [1.82, 2.24) is 15.1 Å². The molecule has 4 rings (SSSR count). The Morgan fingerprint density at radius 1 is 1.17 bits per heavy atom. The topological polar surface area (TPSA) is 64.0 Å². The number of hydrogen-bond acceptors (Lipinski definition) is 4. The Kier molecular flexibility index (Phi) is 4.87. The summed E-state index contributed by atoms with van der Waals surface area (Å²) in [5.41, 5.74) is 0.557. The van der Waals surface area contributed by atoms with Gasteiger partial charge in [-0.15, -0.1) is 0 Å². The van der Waals surface area contributed by atoms with Crippen molar-refractivity contribution in [1.29, 1.82) is 0 Å². The monoisotopic (exact) mass is 437 g/mol. The molecule has 0 atom stereocenters. The van der Waals surface area contributed by atoms with E-state index in [2.05, 4.69) is 10.4 Å². The summed E-state index contributed by atoms with van der Waals surface area (Å²) >= 11 is 6.54. The molecule has 0 aliphatic carbocycles. The van der Waals surface area contributed by atoms with Crippen LogP contribution in [0, 0.1) is 0 Å². The molecule has 29 heavy (non-hydrogen) atoms. The van der Waals surface area contributed by atoms with Crippen LogP contribution in [0.1, 0.15) is 16.7 Å². The summed E-state index contributed by atoms with van der Waals surface area (Å²) in [5.74, 6) is -0.460. The minimum absolute atomic E-state index is 0.0105. The van der Waals surface area contributed by atoms with E-state index < -0.39 is 22.9 Å². The molecule has 1 aliphatic rings. The van der Waals surface area contributed by atoms with Crippen LogP contribution in [0.4, 0.5) is 18.0 Å². The Morgan fingerprint density at radius 3 is 2.66 bits per heavy atom. The summed E-state index contributed by atoms with van der Waals surface area (Å²) < 4.78 is 41.4. The van der Waals surface area contributed by atoms with Gasteiger partial charge in [-0.2, -0.15) is 18.3 Å². The first kappa shape index (κ1) is 19.5. The Bertz CT molecular complexity index is 1190. The number of nitrogens with zero attached hydrogens (tertiary/aromatic N) is 2. The fraction of sp³-hybridized carbons (Fsp3) is 0.105. The molecule has 10 heteroatoms. The predicted octanol–water partition coefficient (Wildman–Crippen LogP) is 5.08. The molecule has 1 fully saturated rings. The number of amides is 2. The number of hydrogen-bond donors (Lipinski definition) is 1. The molecule has 3 aromatic rings. The Labute approximate surface area is 171 Å². The molecule has 2 heterocycles. The molecule has 0 spiro atoms. The Balaban J connectivity index is 1.67. The lowest BCUT2D eigenvalue weighted by molar-refractivity contribution is -0.138. The second-order valence-corrected chi connectivity index (χ2v) is 7.72. The van der Waals surface area contributed by atoms with Crippen LogP contribution >= 0.6 is 23.4 Å². The lowest BCUT2D eigenvalue weighted by Crippen LogP contribution is -2.17. The normalized spacial score (nSPS) is 16.1. The van der Waals surface area contributed by atoms with Gasteiger partial charge in [0.25, 0.3) is 11.1 Å². The van der Waals surface area contributed by atoms with E-state index in [0.717, 1.165) is 17.8 Å². The fourth-order valence-corrected chi connectivity index (χ4v) is 3.86. The summed E-state index contributed by atoms with van der Waals surface area (Å²) in [7, 11) is 0. The number of benzene rings is 2. The summed E-state index contributed by atoms with van der Waals surface area (Å²) in [6.07, 6.45) is -1.42. The molecule has 1 N–H and O–H groups in total. The molecule has 5 nitrogen and oxygen atoms in total. The zero-order chi connectivity index (χ0) is 20.8. The van der Waals surface area contributed by atoms with E-state index >= 15 is 0 Å². The lowest BCUT2D eigenvalue weighted by atomic mass is 10.1. The number of carbonyl (C=O) groups excluding carboxylic acids is 2. The second kappa shape index (κ2) is 7.23. The minimum atomic E-state index is -4.53. The van der Waals surface area contributed by atoms with Gasteiger partial charge in [0, 0.05) is 10.4 Å². The predicted molar refractivity (Wildman–Crippen MR) is 104 cm³/mol. The highest BCUT2D eigenvalue weighted by molar-refractivity contribution is 8.18. The number of fused-ring (bicyclic) bond motifs is 1. The van der Waals surface area contributed by atoms with Crippen LogP contribution in [0.2, 0.25) is 5.02 Å². The van der Waals surface area contributed by atoms with Gasteiger partial charge in [0.15, 0.2) is 0 Å². The van der Waals surface area contributed by atoms with Crippen molar-refractivity contribution >= 4 is 51.5 Å². The molecule has 0 unspecified atom stereocenters. The Hall–Kier alpha value is -2.78. The van der Waals surface area contributed by atoms with Crippen molar-refractivity contribution in [3.8, 4) is 0 Å². The number of halogens is 4. The fourth-order valence-electron chi connectivity index (χ4n) is 3.01. The molecule has 2 aromatic carbocycles. The average Bonchev–Trinajstić information content (AvgIpc) is 3.18. The molecule has 0 saturated carbocycles. The van der Waals surface area contributed by atoms with Gasteiger partial charge in [-0.3, -0.25) is 19.6 Å². The SMILES string of the molecule is O=C1NC(=O)C(=Cc2ccc3c(cnn3Cc3ccc(Cl)cc3C(F)(F)F)c2)S1. The van der Waals surface area contributed by atoms with Crippen LogP contribution in [0.3, 0.4) is 0 Å². The van der Waals surface area contributed by atoms with Gasteiger partial charge < -0.3 is 0 Å². The van der Waals surface area contributed by atoms with Crippen molar-refractivity contribution in [2.75, 3.05) is 0 Å². The van der Waals surface area contributed by atoms with Crippen LogP contribution in [-0.2, 0) is 17.5 Å². The van der Waals surface area contributed by atoms with Crippen molar-refractivity contribution < 1.29 is 22.8 Å². The van der Waals surface area contributed by atoms with Crippen LogP contribution < -0.4 is 5.32 Å². The number of rotatable bonds is 3. The van der Waals surface area contributed by atoms with Crippen LogP contribution in [0.15, 0.2) is 47.5 Å². The van der Waals surface area contributed by atoms with E-state index in [1.165, 1.54) is 23.0 Å². The standard InChI is InChI=1S/C19H11ClF3N3O2S/c20-13-3-2-11(14(7-13)19(21,22)23)9-26-15-4-1-10(5-12(15)8-24-26)6-16-17(27)25-18(28)29-16/h1-8H,9H2,(H,25,27,28). The highest BCUT2D eigenvalue weighted by Crippen LogP contribution is 2.34. The first-order chi connectivity index (χ1) is 13.7. The van der Waals surface area contributed by atoms with Gasteiger partial charge in [-0.25, -0.2) is 0 Å². The van der Waals surface area contributed by atoms with Gasteiger partial charge in [-0.1, -0.05) is 23.7 Å². The maximum absolute atomic E-state index is 13.3. The highest BCUT2D eigenvalue weighted by Gasteiger charge is 2.33. The number of aromatic nitrogens is 2. The van der Waals surface area contributed by atoms with E-state index in [9.17, 15) is 22.8 Å². The minimum Gasteiger partial charge on any atom is -0.282 e. The Morgan fingerprint density at radius 2 is 1.97 bits per heavy atom. The van der Waals surface area contributed by atoms with E-state index in [4.69, 9.17) is 11.6 Å². The number of thioether (sulfide) groups is 1. The van der Waals surface area contributed by atoms with Crippen molar-refractivity contribution in [2.24, 2.45) is 0 Å². The first-order valence-corrected chi connectivity index (χ1v) is 9.46. The van der Waals surface area contributed by atoms with Crippen molar-refractivity contribution in [3.05, 3.63) is 69.2 Å². The largest absolute Gasteiger partial charge is 0.416 e. The summed E-state index contributed by atoms with van der Waals surface area (Å²) in [6.45, 7) is -0.0806. The third kappa shape index (κ3) is 4.01. The molecule has 1 saturated heterocycles. The van der Waals surface area contributed by atoms with Gasteiger partial charge in [0.1, 0.15) is 0 Å². The molecular formula is C19H11ClF3N3O2S. The number of carbonyl (C=O) groups is 2. The molecule has 148 valence electrons. The molecule has 1 aliphatic heterocycles. The van der Waals surface area contributed by atoms with Gasteiger partial charge in [-0.05, 0) is 53.2 Å². The van der Waals surface area contributed by atoms with Crippen molar-refractivity contribution in [3.63, 3.8) is 0 Å². The molecule has 1 aromatic heterocycles. The zero-order valence-corrected chi connectivity index (χ0v) is 16.0. The van der Waals surface area contributed by atoms with Crippen LogP contribution in [0.25, 0.3) is 17.0 Å².